The number of nitrogen functional groups attached to an aromatic ring is 1. The van der Waals surface area contributed by atoms with Crippen LogP contribution >= 0.6 is 0 Å². The van der Waals surface area contributed by atoms with Gasteiger partial charge in [0.2, 0.25) is 0 Å². The number of hydrogen-bond acceptors (Lipinski definition) is 4. The van der Waals surface area contributed by atoms with Crippen LogP contribution in [0.25, 0.3) is 0 Å². The molecule has 0 aliphatic carbocycles. The molecule has 1 aromatic heterocycles. The van der Waals surface area contributed by atoms with E-state index in [2.05, 4.69) is 4.98 Å². The van der Waals surface area contributed by atoms with E-state index in [1.54, 1.807) is 25.4 Å². The Kier molecular flexibility index (Phi) is 3.45. The zero-order valence-electron chi connectivity index (χ0n) is 9.59. The molecular weight excluding hydrogens is 216 g/mol. The van der Waals surface area contributed by atoms with Crippen molar-refractivity contribution in [1.29, 1.82) is 0 Å². The van der Waals surface area contributed by atoms with Gasteiger partial charge in [-0.1, -0.05) is 12.1 Å². The minimum atomic E-state index is 0.456. The van der Waals surface area contributed by atoms with Crippen LogP contribution in [0.5, 0.6) is 11.5 Å². The summed E-state index contributed by atoms with van der Waals surface area (Å²) in [7, 11) is 1.64. The van der Waals surface area contributed by atoms with Crippen LogP contribution in [0.2, 0.25) is 0 Å². The van der Waals surface area contributed by atoms with Gasteiger partial charge in [-0.15, -0.1) is 0 Å². The highest BCUT2D eigenvalue weighted by atomic mass is 16.5. The third kappa shape index (κ3) is 3.11. The standard InChI is InChI=1S/C13H14N2O2/c1-16-11-4-2-10(3-5-11)9-17-12-6-7-15-13(14)8-12/h2-8H,9H2,1H3,(H2,14,15). The van der Waals surface area contributed by atoms with Crippen LogP contribution in [-0.2, 0) is 6.61 Å². The lowest BCUT2D eigenvalue weighted by Gasteiger charge is -2.07. The summed E-state index contributed by atoms with van der Waals surface area (Å²) in [6.45, 7) is 0.493. The number of anilines is 1. The summed E-state index contributed by atoms with van der Waals surface area (Å²) in [6, 6.07) is 11.2. The van der Waals surface area contributed by atoms with Crippen molar-refractivity contribution in [2.24, 2.45) is 0 Å². The van der Waals surface area contributed by atoms with Crippen molar-refractivity contribution in [3.8, 4) is 11.5 Å². The van der Waals surface area contributed by atoms with Gasteiger partial charge in [-0.25, -0.2) is 4.98 Å². The molecule has 2 rings (SSSR count). The largest absolute Gasteiger partial charge is 0.497 e. The van der Waals surface area contributed by atoms with Gasteiger partial charge >= 0.3 is 0 Å². The SMILES string of the molecule is COc1ccc(COc2ccnc(N)c2)cc1. The molecule has 0 saturated carbocycles. The predicted molar refractivity (Wildman–Crippen MR) is 66.0 cm³/mol. The number of nitrogens with two attached hydrogens (primary N) is 1. The van der Waals surface area contributed by atoms with Crippen LogP contribution < -0.4 is 15.2 Å². The fourth-order valence-electron chi connectivity index (χ4n) is 1.41. The highest BCUT2D eigenvalue weighted by Crippen LogP contribution is 2.16. The van der Waals surface area contributed by atoms with E-state index >= 15 is 0 Å². The van der Waals surface area contributed by atoms with Crippen LogP contribution in [0.4, 0.5) is 5.82 Å². The smallest absolute Gasteiger partial charge is 0.126 e. The Morgan fingerprint density at radius 2 is 1.88 bits per heavy atom. The number of aromatic nitrogens is 1. The molecule has 0 saturated heterocycles. The molecule has 17 heavy (non-hydrogen) atoms. The van der Waals surface area contributed by atoms with Crippen LogP contribution in [0.3, 0.4) is 0 Å². The highest BCUT2D eigenvalue weighted by Gasteiger charge is 1.97. The molecule has 0 spiro atoms. The minimum Gasteiger partial charge on any atom is -0.497 e. The van der Waals surface area contributed by atoms with Gasteiger partial charge < -0.3 is 15.2 Å². The molecule has 2 aromatic rings. The summed E-state index contributed by atoms with van der Waals surface area (Å²) >= 11 is 0. The first-order valence-electron chi connectivity index (χ1n) is 5.25. The second-order valence-electron chi connectivity index (χ2n) is 3.55. The fraction of sp³-hybridized carbons (Fsp3) is 0.154. The van der Waals surface area contributed by atoms with E-state index in [0.29, 0.717) is 18.2 Å². The molecule has 0 aliphatic heterocycles. The van der Waals surface area contributed by atoms with Gasteiger partial charge in [0, 0.05) is 12.3 Å². The number of pyridine rings is 1. The molecule has 0 unspecified atom stereocenters. The van der Waals surface area contributed by atoms with E-state index in [1.807, 2.05) is 24.3 Å². The van der Waals surface area contributed by atoms with Crippen molar-refractivity contribution in [3.63, 3.8) is 0 Å². The van der Waals surface area contributed by atoms with E-state index in [-0.39, 0.29) is 0 Å². The normalized spacial score (nSPS) is 9.94. The molecule has 0 radical (unpaired) electrons. The van der Waals surface area contributed by atoms with Gasteiger partial charge in [-0.2, -0.15) is 0 Å². The summed E-state index contributed by atoms with van der Waals surface area (Å²) in [5.41, 5.74) is 6.63. The fourth-order valence-corrected chi connectivity index (χ4v) is 1.41. The third-order valence-electron chi connectivity index (χ3n) is 2.32. The van der Waals surface area contributed by atoms with E-state index in [0.717, 1.165) is 11.3 Å². The molecule has 0 amide bonds. The van der Waals surface area contributed by atoms with Crippen molar-refractivity contribution in [3.05, 3.63) is 48.2 Å². The second kappa shape index (κ2) is 5.21. The minimum absolute atomic E-state index is 0.456. The summed E-state index contributed by atoms with van der Waals surface area (Å²) in [4.78, 5) is 3.90. The summed E-state index contributed by atoms with van der Waals surface area (Å²) in [5, 5.41) is 0. The van der Waals surface area contributed by atoms with Crippen molar-refractivity contribution < 1.29 is 9.47 Å². The number of nitrogens with zero attached hydrogens (tertiary/aromatic N) is 1. The number of methoxy groups -OCH3 is 1. The lowest BCUT2D eigenvalue weighted by Crippen LogP contribution is -1.97. The maximum atomic E-state index is 5.59. The van der Waals surface area contributed by atoms with Gasteiger partial charge in [0.05, 0.1) is 7.11 Å². The number of benzene rings is 1. The predicted octanol–water partition coefficient (Wildman–Crippen LogP) is 2.25. The highest BCUT2D eigenvalue weighted by molar-refractivity contribution is 5.36. The van der Waals surface area contributed by atoms with Gasteiger partial charge in [0.1, 0.15) is 23.9 Å². The van der Waals surface area contributed by atoms with Gasteiger partial charge in [0.25, 0.3) is 0 Å². The maximum absolute atomic E-state index is 5.59. The zero-order valence-corrected chi connectivity index (χ0v) is 9.59. The molecule has 2 N–H and O–H groups in total. The van der Waals surface area contributed by atoms with Crippen LogP contribution in [0.1, 0.15) is 5.56 Å². The van der Waals surface area contributed by atoms with Crippen molar-refractivity contribution >= 4 is 5.82 Å². The Balaban J connectivity index is 1.97. The second-order valence-corrected chi connectivity index (χ2v) is 3.55. The van der Waals surface area contributed by atoms with Crippen LogP contribution in [-0.4, -0.2) is 12.1 Å². The van der Waals surface area contributed by atoms with Gasteiger partial charge in [0.15, 0.2) is 0 Å². The van der Waals surface area contributed by atoms with Crippen LogP contribution in [0.15, 0.2) is 42.6 Å². The lowest BCUT2D eigenvalue weighted by molar-refractivity contribution is 0.306. The van der Waals surface area contributed by atoms with Crippen molar-refractivity contribution in [2.45, 2.75) is 6.61 Å². The molecule has 0 atom stereocenters. The van der Waals surface area contributed by atoms with Gasteiger partial charge in [-0.05, 0) is 23.8 Å². The molecule has 4 heteroatoms. The molecule has 0 aliphatic rings. The lowest BCUT2D eigenvalue weighted by atomic mass is 10.2. The van der Waals surface area contributed by atoms with E-state index < -0.39 is 0 Å². The zero-order chi connectivity index (χ0) is 12.1. The average molecular weight is 230 g/mol. The number of rotatable bonds is 4. The quantitative estimate of drug-likeness (QED) is 0.875. The Bertz CT molecular complexity index is 483. The Labute approximate surface area is 100 Å². The maximum Gasteiger partial charge on any atom is 0.126 e. The summed E-state index contributed by atoms with van der Waals surface area (Å²) < 4.78 is 10.7. The Morgan fingerprint density at radius 1 is 1.12 bits per heavy atom. The Morgan fingerprint density at radius 3 is 2.53 bits per heavy atom. The molecule has 4 nitrogen and oxygen atoms in total. The summed E-state index contributed by atoms with van der Waals surface area (Å²) in [5.74, 6) is 2.01. The molecular formula is C13H14N2O2. The summed E-state index contributed by atoms with van der Waals surface area (Å²) in [6.07, 6.45) is 1.62. The molecule has 88 valence electrons. The molecule has 1 heterocycles. The van der Waals surface area contributed by atoms with Crippen LogP contribution in [0, 0.1) is 0 Å². The number of ether oxygens (including phenoxy) is 2. The van der Waals surface area contributed by atoms with E-state index in [9.17, 15) is 0 Å². The monoisotopic (exact) mass is 230 g/mol. The van der Waals surface area contributed by atoms with E-state index in [1.165, 1.54) is 0 Å². The molecule has 0 bridgehead atoms. The van der Waals surface area contributed by atoms with E-state index in [4.69, 9.17) is 15.2 Å². The third-order valence-corrected chi connectivity index (χ3v) is 2.32. The van der Waals surface area contributed by atoms with Gasteiger partial charge in [-0.3, -0.25) is 0 Å². The molecule has 1 aromatic carbocycles. The number of hydrogen-bond donors (Lipinski definition) is 1. The van der Waals surface area contributed by atoms with Crippen molar-refractivity contribution in [2.75, 3.05) is 12.8 Å². The first-order valence-corrected chi connectivity index (χ1v) is 5.25. The van der Waals surface area contributed by atoms with Crippen molar-refractivity contribution in [1.82, 2.24) is 4.98 Å². The topological polar surface area (TPSA) is 57.4 Å². The first kappa shape index (κ1) is 11.3. The molecule has 0 fully saturated rings. The Hall–Kier alpha value is -2.23. The average Bonchev–Trinajstić information content (AvgIpc) is 2.37. The first-order chi connectivity index (χ1) is 8.28.